The monoisotopic (exact) mass is 278 g/mol. The largest absolute Gasteiger partial charge is 0.326 e. The summed E-state index contributed by atoms with van der Waals surface area (Å²) >= 11 is 0. The normalized spacial score (nSPS) is 24.1. The minimum Gasteiger partial charge on any atom is -0.326 e. The van der Waals surface area contributed by atoms with Crippen LogP contribution in [0.2, 0.25) is 0 Å². The zero-order chi connectivity index (χ0) is 14.5. The van der Waals surface area contributed by atoms with Crippen molar-refractivity contribution >= 4 is 0 Å². The Morgan fingerprint density at radius 1 is 1.35 bits per heavy atom. The lowest BCUT2D eigenvalue weighted by Crippen LogP contribution is -2.41. The van der Waals surface area contributed by atoms with Gasteiger partial charge in [-0.1, -0.05) is 26.0 Å². The van der Waals surface area contributed by atoms with E-state index in [9.17, 15) is 4.39 Å². The van der Waals surface area contributed by atoms with E-state index in [1.165, 1.54) is 25.3 Å². The van der Waals surface area contributed by atoms with E-state index < -0.39 is 0 Å². The van der Waals surface area contributed by atoms with Crippen molar-refractivity contribution in [3.63, 3.8) is 0 Å². The van der Waals surface area contributed by atoms with Crippen LogP contribution in [0.15, 0.2) is 24.3 Å². The second-order valence-electron chi connectivity index (χ2n) is 6.14. The summed E-state index contributed by atoms with van der Waals surface area (Å²) in [5.74, 6) is 0.616. The quantitative estimate of drug-likeness (QED) is 0.909. The first-order valence-corrected chi connectivity index (χ1v) is 7.87. The standard InChI is InChI=1S/C17H27FN2/c1-3-16(19)17(14-7-4-8-15(18)12-14)20-10-5-6-13(2)9-11-20/h4,7-8,12-13,16-17H,3,5-6,9-11,19H2,1-2H3. The third kappa shape index (κ3) is 3.80. The van der Waals surface area contributed by atoms with Crippen LogP contribution in [-0.2, 0) is 0 Å². The zero-order valence-corrected chi connectivity index (χ0v) is 12.7. The fourth-order valence-electron chi connectivity index (χ4n) is 3.21. The van der Waals surface area contributed by atoms with Crippen LogP contribution in [0, 0.1) is 11.7 Å². The summed E-state index contributed by atoms with van der Waals surface area (Å²) in [5, 5.41) is 0. The number of hydrogen-bond acceptors (Lipinski definition) is 2. The van der Waals surface area contributed by atoms with Gasteiger partial charge in [0, 0.05) is 12.1 Å². The van der Waals surface area contributed by atoms with Crippen molar-refractivity contribution in [2.75, 3.05) is 13.1 Å². The van der Waals surface area contributed by atoms with Crippen LogP contribution in [0.25, 0.3) is 0 Å². The molecule has 2 rings (SSSR count). The molecule has 0 spiro atoms. The Balaban J connectivity index is 2.23. The maximum Gasteiger partial charge on any atom is 0.123 e. The van der Waals surface area contributed by atoms with Crippen molar-refractivity contribution < 1.29 is 4.39 Å². The van der Waals surface area contributed by atoms with Gasteiger partial charge in [-0.05, 0) is 62.4 Å². The molecule has 0 aliphatic carbocycles. The van der Waals surface area contributed by atoms with Gasteiger partial charge in [0.05, 0.1) is 0 Å². The fourth-order valence-corrected chi connectivity index (χ4v) is 3.21. The topological polar surface area (TPSA) is 29.3 Å². The van der Waals surface area contributed by atoms with Gasteiger partial charge in [0.2, 0.25) is 0 Å². The summed E-state index contributed by atoms with van der Waals surface area (Å²) in [6, 6.07) is 7.15. The highest BCUT2D eigenvalue weighted by Crippen LogP contribution is 2.29. The van der Waals surface area contributed by atoms with E-state index in [1.807, 2.05) is 6.07 Å². The van der Waals surface area contributed by atoms with Gasteiger partial charge in [-0.3, -0.25) is 4.90 Å². The molecule has 20 heavy (non-hydrogen) atoms. The number of nitrogens with zero attached hydrogens (tertiary/aromatic N) is 1. The molecule has 1 aliphatic rings. The average Bonchev–Trinajstić information content (AvgIpc) is 2.64. The van der Waals surface area contributed by atoms with Crippen molar-refractivity contribution in [1.82, 2.24) is 4.90 Å². The fraction of sp³-hybridized carbons (Fsp3) is 0.647. The predicted octanol–water partition coefficient (Wildman–Crippen LogP) is 3.73. The van der Waals surface area contributed by atoms with Crippen LogP contribution >= 0.6 is 0 Å². The molecule has 1 aromatic carbocycles. The maximum atomic E-state index is 13.5. The van der Waals surface area contributed by atoms with Crippen LogP contribution in [0.3, 0.4) is 0 Å². The summed E-state index contributed by atoms with van der Waals surface area (Å²) in [6.45, 7) is 6.56. The van der Waals surface area contributed by atoms with E-state index in [-0.39, 0.29) is 17.9 Å². The molecule has 2 nitrogen and oxygen atoms in total. The highest BCUT2D eigenvalue weighted by Gasteiger charge is 2.27. The maximum absolute atomic E-state index is 13.5. The van der Waals surface area contributed by atoms with Crippen LogP contribution in [-0.4, -0.2) is 24.0 Å². The molecular weight excluding hydrogens is 251 g/mol. The highest BCUT2D eigenvalue weighted by atomic mass is 19.1. The SMILES string of the molecule is CCC(N)C(c1cccc(F)c1)N1CCCC(C)CC1. The molecule has 1 aromatic rings. The second kappa shape index (κ2) is 7.19. The molecule has 0 radical (unpaired) electrons. The van der Waals surface area contributed by atoms with Gasteiger partial charge in [0.1, 0.15) is 5.82 Å². The van der Waals surface area contributed by atoms with Gasteiger partial charge < -0.3 is 5.73 Å². The smallest absolute Gasteiger partial charge is 0.123 e. The molecule has 1 saturated heterocycles. The van der Waals surface area contributed by atoms with E-state index in [2.05, 4.69) is 18.7 Å². The van der Waals surface area contributed by atoms with E-state index in [1.54, 1.807) is 12.1 Å². The van der Waals surface area contributed by atoms with Crippen molar-refractivity contribution in [2.24, 2.45) is 11.7 Å². The van der Waals surface area contributed by atoms with Crippen LogP contribution in [0.5, 0.6) is 0 Å². The van der Waals surface area contributed by atoms with Gasteiger partial charge in [-0.2, -0.15) is 0 Å². The van der Waals surface area contributed by atoms with E-state index in [0.717, 1.165) is 31.0 Å². The lowest BCUT2D eigenvalue weighted by atomic mass is 9.96. The third-order valence-electron chi connectivity index (χ3n) is 4.51. The summed E-state index contributed by atoms with van der Waals surface area (Å²) in [7, 11) is 0. The van der Waals surface area contributed by atoms with E-state index >= 15 is 0 Å². The third-order valence-corrected chi connectivity index (χ3v) is 4.51. The molecule has 1 heterocycles. The first kappa shape index (κ1) is 15.5. The Morgan fingerprint density at radius 2 is 2.15 bits per heavy atom. The molecule has 2 N–H and O–H groups in total. The lowest BCUT2D eigenvalue weighted by molar-refractivity contribution is 0.173. The predicted molar refractivity (Wildman–Crippen MR) is 82.0 cm³/mol. The van der Waals surface area contributed by atoms with Gasteiger partial charge in [-0.15, -0.1) is 0 Å². The first-order chi connectivity index (χ1) is 9.61. The molecule has 112 valence electrons. The average molecular weight is 278 g/mol. The molecule has 0 bridgehead atoms. The number of nitrogens with two attached hydrogens (primary N) is 1. The first-order valence-electron chi connectivity index (χ1n) is 7.87. The van der Waals surface area contributed by atoms with Gasteiger partial charge >= 0.3 is 0 Å². The Hall–Kier alpha value is -0.930. The molecule has 3 heteroatoms. The number of halogens is 1. The Bertz CT molecular complexity index is 421. The van der Waals surface area contributed by atoms with Gasteiger partial charge in [0.25, 0.3) is 0 Å². The molecule has 0 saturated carbocycles. The Labute approximate surface area is 122 Å². The molecule has 0 aromatic heterocycles. The van der Waals surface area contributed by atoms with Crippen molar-refractivity contribution in [1.29, 1.82) is 0 Å². The van der Waals surface area contributed by atoms with Gasteiger partial charge in [-0.25, -0.2) is 4.39 Å². The lowest BCUT2D eigenvalue weighted by Gasteiger charge is -2.35. The molecule has 0 amide bonds. The van der Waals surface area contributed by atoms with Gasteiger partial charge in [0.15, 0.2) is 0 Å². The van der Waals surface area contributed by atoms with E-state index in [4.69, 9.17) is 5.73 Å². The Morgan fingerprint density at radius 3 is 2.85 bits per heavy atom. The van der Waals surface area contributed by atoms with Crippen molar-refractivity contribution in [3.8, 4) is 0 Å². The summed E-state index contributed by atoms with van der Waals surface area (Å²) < 4.78 is 13.5. The van der Waals surface area contributed by atoms with Crippen LogP contribution in [0.4, 0.5) is 4.39 Å². The number of benzene rings is 1. The zero-order valence-electron chi connectivity index (χ0n) is 12.7. The molecule has 3 atom stereocenters. The van der Waals surface area contributed by atoms with Crippen LogP contribution in [0.1, 0.15) is 51.1 Å². The van der Waals surface area contributed by atoms with Crippen LogP contribution < -0.4 is 5.73 Å². The number of likely N-dealkylation sites (tertiary alicyclic amines) is 1. The van der Waals surface area contributed by atoms with Crippen molar-refractivity contribution in [3.05, 3.63) is 35.6 Å². The second-order valence-corrected chi connectivity index (χ2v) is 6.14. The molecule has 1 fully saturated rings. The van der Waals surface area contributed by atoms with E-state index in [0.29, 0.717) is 0 Å². The number of hydrogen-bond donors (Lipinski definition) is 1. The number of rotatable bonds is 4. The summed E-state index contributed by atoms with van der Waals surface area (Å²) in [5.41, 5.74) is 7.37. The molecular formula is C17H27FN2. The molecule has 1 aliphatic heterocycles. The van der Waals surface area contributed by atoms with Crippen molar-refractivity contribution in [2.45, 2.75) is 51.6 Å². The summed E-state index contributed by atoms with van der Waals surface area (Å²) in [4.78, 5) is 2.46. The minimum absolute atomic E-state index is 0.0604. The highest BCUT2D eigenvalue weighted by molar-refractivity contribution is 5.22. The Kier molecular flexibility index (Phi) is 5.55. The molecule has 3 unspecified atom stereocenters. The summed E-state index contributed by atoms with van der Waals surface area (Å²) in [6.07, 6.45) is 4.62. The minimum atomic E-state index is -0.168.